The van der Waals surface area contributed by atoms with Crippen LogP contribution < -0.4 is 14.4 Å². The number of benzene rings is 2. The predicted octanol–water partition coefficient (Wildman–Crippen LogP) is 2.49. The Labute approximate surface area is 197 Å². The first-order chi connectivity index (χ1) is 15.4. The molecule has 0 spiro atoms. The average Bonchev–Trinajstić information content (AvgIpc) is 2.79. The Balaban J connectivity index is 1.75. The molecule has 0 radical (unpaired) electrons. The van der Waals surface area contributed by atoms with E-state index < -0.39 is 10.0 Å². The fourth-order valence-electron chi connectivity index (χ4n) is 3.29. The molecule has 1 saturated heterocycles. The first kappa shape index (κ1) is 24.5. The third-order valence-electron chi connectivity index (χ3n) is 4.98. The number of amides is 1. The molecule has 174 valence electrons. The van der Waals surface area contributed by atoms with Gasteiger partial charge in [-0.25, -0.2) is 8.42 Å². The van der Waals surface area contributed by atoms with Gasteiger partial charge in [-0.2, -0.15) is 0 Å². The van der Waals surface area contributed by atoms with Crippen molar-refractivity contribution in [3.8, 4) is 5.75 Å². The Hall–Kier alpha value is -2.14. The molecular weight excluding hydrogens is 498 g/mol. The van der Waals surface area contributed by atoms with Crippen LogP contribution in [0.2, 0.25) is 0 Å². The van der Waals surface area contributed by atoms with Crippen molar-refractivity contribution < 1.29 is 22.7 Å². The lowest BCUT2D eigenvalue weighted by Crippen LogP contribution is -2.44. The lowest BCUT2D eigenvalue weighted by molar-refractivity contribution is -0.119. The number of nitrogens with zero attached hydrogens (tertiary/aromatic N) is 2. The van der Waals surface area contributed by atoms with Gasteiger partial charge in [0.15, 0.2) is 0 Å². The maximum Gasteiger partial charge on any atom is 0.264 e. The zero-order valence-electron chi connectivity index (χ0n) is 18.0. The molecule has 1 N–H and O–H groups in total. The van der Waals surface area contributed by atoms with Crippen molar-refractivity contribution in [3.05, 3.63) is 53.0 Å². The second kappa shape index (κ2) is 11.6. The molecule has 8 nitrogen and oxygen atoms in total. The third-order valence-corrected chi connectivity index (χ3v) is 7.30. The number of sulfonamides is 1. The van der Waals surface area contributed by atoms with E-state index in [-0.39, 0.29) is 17.3 Å². The second-order valence-corrected chi connectivity index (χ2v) is 9.97. The Morgan fingerprint density at radius 1 is 1.12 bits per heavy atom. The molecule has 10 heteroatoms. The van der Waals surface area contributed by atoms with Gasteiger partial charge in [0.25, 0.3) is 10.0 Å². The van der Waals surface area contributed by atoms with Gasteiger partial charge in [0.1, 0.15) is 12.3 Å². The molecular formula is C22H28BrN3O5S. The number of hydrogen-bond donors (Lipinski definition) is 1. The van der Waals surface area contributed by atoms with Gasteiger partial charge in [-0.15, -0.1) is 0 Å². The minimum atomic E-state index is -3.95. The lowest BCUT2D eigenvalue weighted by atomic mass is 10.3. The molecule has 3 rings (SSSR count). The Morgan fingerprint density at radius 3 is 2.41 bits per heavy atom. The van der Waals surface area contributed by atoms with E-state index >= 15 is 0 Å². The summed E-state index contributed by atoms with van der Waals surface area (Å²) < 4.78 is 39.4. The summed E-state index contributed by atoms with van der Waals surface area (Å²) in [4.78, 5) is 15.0. The number of carbonyl (C=O) groups is 1. The van der Waals surface area contributed by atoms with Crippen LogP contribution in [0.15, 0.2) is 57.9 Å². The summed E-state index contributed by atoms with van der Waals surface area (Å²) in [5.41, 5.74) is 0.389. The topological polar surface area (TPSA) is 88.2 Å². The van der Waals surface area contributed by atoms with Gasteiger partial charge in [0.2, 0.25) is 5.91 Å². The Bertz CT molecular complexity index is 978. The fourth-order valence-corrected chi connectivity index (χ4v) is 4.97. The molecule has 32 heavy (non-hydrogen) atoms. The zero-order chi connectivity index (χ0) is 23.0. The third kappa shape index (κ3) is 6.68. The molecule has 0 bridgehead atoms. The molecule has 0 unspecified atom stereocenters. The van der Waals surface area contributed by atoms with Crippen LogP contribution in [-0.4, -0.2) is 71.8 Å². The van der Waals surface area contributed by atoms with Crippen molar-refractivity contribution in [1.82, 2.24) is 10.2 Å². The Kier molecular flexibility index (Phi) is 8.92. The van der Waals surface area contributed by atoms with Gasteiger partial charge in [-0.05, 0) is 55.5 Å². The van der Waals surface area contributed by atoms with Crippen LogP contribution in [0.1, 0.15) is 6.92 Å². The zero-order valence-corrected chi connectivity index (χ0v) is 20.4. The van der Waals surface area contributed by atoms with E-state index in [9.17, 15) is 13.2 Å². The van der Waals surface area contributed by atoms with Crippen LogP contribution in [0.5, 0.6) is 5.75 Å². The SMILES string of the molecule is CCOc1ccc(N(CC(=O)NCCN2CCOCC2)S(=O)(=O)c2ccc(Br)cc2)cc1. The van der Waals surface area contributed by atoms with E-state index in [1.165, 1.54) is 12.1 Å². The molecule has 0 atom stereocenters. The quantitative estimate of drug-likeness (QED) is 0.512. The van der Waals surface area contributed by atoms with Gasteiger partial charge in [0, 0.05) is 30.7 Å². The van der Waals surface area contributed by atoms with Crippen LogP contribution >= 0.6 is 15.9 Å². The van der Waals surface area contributed by atoms with Gasteiger partial charge < -0.3 is 14.8 Å². The van der Waals surface area contributed by atoms with Crippen LogP contribution in [0.3, 0.4) is 0 Å². The summed E-state index contributed by atoms with van der Waals surface area (Å²) in [6, 6.07) is 13.0. The Morgan fingerprint density at radius 2 is 1.78 bits per heavy atom. The normalized spacial score (nSPS) is 14.7. The molecule has 1 fully saturated rings. The smallest absolute Gasteiger partial charge is 0.264 e. The number of ether oxygens (including phenoxy) is 2. The van der Waals surface area contributed by atoms with E-state index in [0.717, 1.165) is 21.9 Å². The van der Waals surface area contributed by atoms with Crippen LogP contribution in [0.25, 0.3) is 0 Å². The number of nitrogens with one attached hydrogen (secondary N) is 1. The largest absolute Gasteiger partial charge is 0.494 e. The van der Waals surface area contributed by atoms with E-state index in [4.69, 9.17) is 9.47 Å². The van der Waals surface area contributed by atoms with Gasteiger partial charge in [0.05, 0.1) is 30.4 Å². The monoisotopic (exact) mass is 525 g/mol. The van der Waals surface area contributed by atoms with E-state index in [1.807, 2.05) is 6.92 Å². The summed E-state index contributed by atoms with van der Waals surface area (Å²) in [6.07, 6.45) is 0. The van der Waals surface area contributed by atoms with Crippen molar-refractivity contribution in [2.24, 2.45) is 0 Å². The van der Waals surface area contributed by atoms with Crippen LogP contribution in [0, 0.1) is 0 Å². The minimum Gasteiger partial charge on any atom is -0.494 e. The first-order valence-electron chi connectivity index (χ1n) is 10.5. The van der Waals surface area contributed by atoms with E-state index in [1.54, 1.807) is 36.4 Å². The molecule has 1 aliphatic heterocycles. The van der Waals surface area contributed by atoms with Gasteiger partial charge in [-0.3, -0.25) is 14.0 Å². The molecule has 1 amide bonds. The molecule has 0 aliphatic carbocycles. The molecule has 0 aromatic heterocycles. The molecule has 0 saturated carbocycles. The van der Waals surface area contributed by atoms with Crippen LogP contribution in [0.4, 0.5) is 5.69 Å². The van der Waals surface area contributed by atoms with Crippen molar-refractivity contribution in [2.75, 3.05) is 56.8 Å². The molecule has 1 aliphatic rings. The summed E-state index contributed by atoms with van der Waals surface area (Å²) in [5, 5.41) is 2.83. The maximum atomic E-state index is 13.4. The number of morpholine rings is 1. The summed E-state index contributed by atoms with van der Waals surface area (Å²) >= 11 is 3.32. The summed E-state index contributed by atoms with van der Waals surface area (Å²) in [7, 11) is -3.95. The highest BCUT2D eigenvalue weighted by Gasteiger charge is 2.27. The number of halogens is 1. The average molecular weight is 526 g/mol. The van der Waals surface area contributed by atoms with E-state index in [0.29, 0.717) is 44.3 Å². The summed E-state index contributed by atoms with van der Waals surface area (Å²) in [6.45, 7) is 6.21. The van der Waals surface area contributed by atoms with Gasteiger partial charge >= 0.3 is 0 Å². The number of anilines is 1. The maximum absolute atomic E-state index is 13.4. The molecule has 2 aromatic rings. The molecule has 1 heterocycles. The molecule has 2 aromatic carbocycles. The van der Waals surface area contributed by atoms with E-state index in [2.05, 4.69) is 26.1 Å². The van der Waals surface area contributed by atoms with Crippen molar-refractivity contribution in [2.45, 2.75) is 11.8 Å². The van der Waals surface area contributed by atoms with Crippen LogP contribution in [-0.2, 0) is 19.6 Å². The minimum absolute atomic E-state index is 0.107. The predicted molar refractivity (Wildman–Crippen MR) is 127 cm³/mol. The number of rotatable bonds is 10. The highest BCUT2D eigenvalue weighted by atomic mass is 79.9. The van der Waals surface area contributed by atoms with Crippen molar-refractivity contribution in [3.63, 3.8) is 0 Å². The highest BCUT2D eigenvalue weighted by Crippen LogP contribution is 2.26. The second-order valence-electron chi connectivity index (χ2n) is 7.20. The number of carbonyl (C=O) groups excluding carboxylic acids is 1. The van der Waals surface area contributed by atoms with Gasteiger partial charge in [-0.1, -0.05) is 15.9 Å². The van der Waals surface area contributed by atoms with Crippen molar-refractivity contribution >= 4 is 37.5 Å². The fraction of sp³-hybridized carbons (Fsp3) is 0.409. The number of hydrogen-bond acceptors (Lipinski definition) is 6. The van der Waals surface area contributed by atoms with Crippen molar-refractivity contribution in [1.29, 1.82) is 0 Å². The first-order valence-corrected chi connectivity index (χ1v) is 12.7. The highest BCUT2D eigenvalue weighted by molar-refractivity contribution is 9.10. The standard InChI is InChI=1S/C22H28BrN3O5S/c1-2-31-20-7-5-19(6-8-20)26(32(28,29)21-9-3-18(23)4-10-21)17-22(27)24-11-12-25-13-15-30-16-14-25/h3-10H,2,11-17H2,1H3,(H,24,27). The lowest BCUT2D eigenvalue weighted by Gasteiger charge is -2.27. The summed E-state index contributed by atoms with van der Waals surface area (Å²) in [5.74, 6) is 0.264.